The van der Waals surface area contributed by atoms with Crippen molar-refractivity contribution in [1.82, 2.24) is 0 Å². The molecule has 2 heterocycles. The molecule has 4 rings (SSSR count). The maximum Gasteiger partial charge on any atom is 0.270 e. The second-order valence-corrected chi connectivity index (χ2v) is 9.07. The summed E-state index contributed by atoms with van der Waals surface area (Å²) in [4.78, 5) is 27.5. The van der Waals surface area contributed by atoms with Gasteiger partial charge in [0.15, 0.2) is 0 Å². The van der Waals surface area contributed by atoms with E-state index in [9.17, 15) is 20.2 Å². The number of hydrogen-bond acceptors (Lipinski definition) is 8. The smallest absolute Gasteiger partial charge is 0.270 e. The highest BCUT2D eigenvalue weighted by Gasteiger charge is 2.29. The molecule has 0 saturated carbocycles. The van der Waals surface area contributed by atoms with E-state index in [1.807, 2.05) is 25.1 Å². The van der Waals surface area contributed by atoms with Gasteiger partial charge >= 0.3 is 0 Å². The van der Waals surface area contributed by atoms with E-state index in [-0.39, 0.29) is 39.0 Å². The zero-order valence-corrected chi connectivity index (χ0v) is 19.7. The van der Waals surface area contributed by atoms with Crippen LogP contribution in [0.15, 0.2) is 69.4 Å². The van der Waals surface area contributed by atoms with Crippen molar-refractivity contribution in [3.05, 3.63) is 79.9 Å². The first-order valence-corrected chi connectivity index (χ1v) is 11.5. The monoisotopic (exact) mass is 491 g/mol. The van der Waals surface area contributed by atoms with Crippen LogP contribution in [0.25, 0.3) is 0 Å². The molecule has 0 N–H and O–H groups in total. The molecule has 1 unspecified atom stereocenters. The number of nitro benzene ring substituents is 2. The van der Waals surface area contributed by atoms with Crippen LogP contribution in [0.4, 0.5) is 22.7 Å². The Morgan fingerprint density at radius 1 is 0.969 bits per heavy atom. The van der Waals surface area contributed by atoms with Gasteiger partial charge in [-0.05, 0) is 32.1 Å². The van der Waals surface area contributed by atoms with E-state index in [1.54, 1.807) is 36.0 Å². The van der Waals surface area contributed by atoms with Crippen LogP contribution in [-0.4, -0.2) is 28.3 Å². The van der Waals surface area contributed by atoms with Crippen LogP contribution in [0.2, 0.25) is 0 Å². The van der Waals surface area contributed by atoms with Gasteiger partial charge in [0.1, 0.15) is 0 Å². The first-order chi connectivity index (χ1) is 14.9. The Morgan fingerprint density at radius 2 is 1.59 bits per heavy atom. The fourth-order valence-corrected chi connectivity index (χ4v) is 6.15. The molecule has 0 bridgehead atoms. The number of hydrogen-bond donors (Lipinski definition) is 0. The maximum atomic E-state index is 11.1. The van der Waals surface area contributed by atoms with Crippen LogP contribution in [0, 0.1) is 20.2 Å². The van der Waals surface area contributed by atoms with Crippen LogP contribution in [0.5, 0.6) is 0 Å². The molecule has 168 valence electrons. The number of rotatable bonds is 6. The Labute approximate surface area is 200 Å². The standard InChI is InChI=1S/C21H20N4O4S2.ClH/c1-3-22-16-10-8-14(24(26)27)12-18(16)30-20(22)6-5-7-21-23(4-2)17-11-9-15(25(28)29)13-19(17)31-21;/h5-13,20H,3-4H2,1-2H3;1H/p-1. The molecule has 2 aliphatic heterocycles. The fraction of sp³-hybridized carbons (Fsp3) is 0.238. The third-order valence-electron chi connectivity index (χ3n) is 5.12. The second-order valence-electron chi connectivity index (χ2n) is 6.85. The average Bonchev–Trinajstić information content (AvgIpc) is 3.29. The van der Waals surface area contributed by atoms with Gasteiger partial charge in [0, 0.05) is 47.1 Å². The normalized spacial score (nSPS) is 18.1. The lowest BCUT2D eigenvalue weighted by Crippen LogP contribution is -3.00. The van der Waals surface area contributed by atoms with Gasteiger partial charge in [-0.1, -0.05) is 35.7 Å². The lowest BCUT2D eigenvalue weighted by Gasteiger charge is -2.22. The molecule has 0 aliphatic carbocycles. The zero-order valence-electron chi connectivity index (χ0n) is 17.3. The van der Waals surface area contributed by atoms with Gasteiger partial charge in [0.05, 0.1) is 31.6 Å². The molecule has 2 aliphatic rings. The van der Waals surface area contributed by atoms with E-state index in [2.05, 4.69) is 22.8 Å². The fourth-order valence-electron chi connectivity index (χ4n) is 3.66. The topological polar surface area (TPSA) is 92.8 Å². The summed E-state index contributed by atoms with van der Waals surface area (Å²) in [6, 6.07) is 9.92. The molecule has 0 fully saturated rings. The number of non-ortho nitro benzene ring substituents is 2. The number of benzene rings is 2. The summed E-state index contributed by atoms with van der Waals surface area (Å²) in [5, 5.41) is 23.2. The van der Waals surface area contributed by atoms with E-state index < -0.39 is 0 Å². The van der Waals surface area contributed by atoms with Crippen LogP contribution in [0.1, 0.15) is 13.8 Å². The first kappa shape index (κ1) is 24.0. The van der Waals surface area contributed by atoms with Crippen LogP contribution < -0.4 is 22.2 Å². The SMILES string of the molecule is CCN1C(=CC=CC2Sc3cc([N+](=O)[O-])ccc3N2CC)Sc2cc([N+](=O)[O-])ccc21.[Cl-]. The molecule has 8 nitrogen and oxygen atoms in total. The number of halogens is 1. The Balaban J connectivity index is 0.00000289. The maximum absolute atomic E-state index is 11.1. The van der Waals surface area contributed by atoms with Crippen LogP contribution >= 0.6 is 23.5 Å². The Hall–Kier alpha value is -2.69. The number of fused-ring (bicyclic) bond motifs is 2. The molecule has 0 aromatic heterocycles. The summed E-state index contributed by atoms with van der Waals surface area (Å²) in [6.07, 6.45) is 6.08. The number of nitrogens with zero attached hydrogens (tertiary/aromatic N) is 4. The number of likely N-dealkylation sites (N-methyl/N-ethyl adjacent to an activating group) is 1. The largest absolute Gasteiger partial charge is 1.00 e. The van der Waals surface area contributed by atoms with Crippen LogP contribution in [0.3, 0.4) is 0 Å². The van der Waals surface area contributed by atoms with Gasteiger partial charge in [-0.3, -0.25) is 20.2 Å². The number of anilines is 2. The molecule has 0 radical (unpaired) electrons. The molecule has 0 amide bonds. The van der Waals surface area contributed by atoms with E-state index in [1.165, 1.54) is 17.8 Å². The lowest BCUT2D eigenvalue weighted by atomic mass is 10.2. The Bertz CT molecular complexity index is 1120. The van der Waals surface area contributed by atoms with Gasteiger partial charge in [0.25, 0.3) is 11.4 Å². The minimum absolute atomic E-state index is 0. The Kier molecular flexibility index (Phi) is 7.37. The van der Waals surface area contributed by atoms with Crippen molar-refractivity contribution < 1.29 is 22.3 Å². The van der Waals surface area contributed by atoms with Crippen molar-refractivity contribution in [3.8, 4) is 0 Å². The highest BCUT2D eigenvalue weighted by molar-refractivity contribution is 8.03. The van der Waals surface area contributed by atoms with Gasteiger partial charge in [0.2, 0.25) is 0 Å². The molecule has 32 heavy (non-hydrogen) atoms. The Morgan fingerprint density at radius 3 is 2.19 bits per heavy atom. The third kappa shape index (κ3) is 4.43. The van der Waals surface area contributed by atoms with E-state index in [4.69, 9.17) is 0 Å². The third-order valence-corrected chi connectivity index (χ3v) is 7.46. The first-order valence-electron chi connectivity index (χ1n) is 9.77. The summed E-state index contributed by atoms with van der Waals surface area (Å²) in [7, 11) is 0. The molecular formula is C21H20ClN4O4S2-. The minimum atomic E-state index is -0.378. The highest BCUT2D eigenvalue weighted by atomic mass is 35.5. The summed E-state index contributed by atoms with van der Waals surface area (Å²) < 4.78 is 0. The van der Waals surface area contributed by atoms with Crippen molar-refractivity contribution in [3.63, 3.8) is 0 Å². The summed E-state index contributed by atoms with van der Waals surface area (Å²) >= 11 is 3.11. The van der Waals surface area contributed by atoms with E-state index in [0.717, 1.165) is 39.3 Å². The van der Waals surface area contributed by atoms with Crippen molar-refractivity contribution in [1.29, 1.82) is 0 Å². The average molecular weight is 492 g/mol. The number of thioether (sulfide) groups is 2. The van der Waals surface area contributed by atoms with Crippen LogP contribution in [-0.2, 0) is 0 Å². The summed E-state index contributed by atoms with van der Waals surface area (Å²) in [5.41, 5.74) is 2.17. The summed E-state index contributed by atoms with van der Waals surface area (Å²) in [6.45, 7) is 5.65. The van der Waals surface area contributed by atoms with Gasteiger partial charge in [-0.2, -0.15) is 0 Å². The molecular weight excluding hydrogens is 472 g/mol. The summed E-state index contributed by atoms with van der Waals surface area (Å²) in [5.74, 6) is 0. The number of allylic oxidation sites excluding steroid dienone is 2. The molecule has 0 saturated heterocycles. The van der Waals surface area contributed by atoms with Gasteiger partial charge < -0.3 is 22.2 Å². The molecule has 2 aromatic rings. The van der Waals surface area contributed by atoms with E-state index >= 15 is 0 Å². The van der Waals surface area contributed by atoms with Crippen molar-refractivity contribution in [2.24, 2.45) is 0 Å². The predicted molar refractivity (Wildman–Crippen MR) is 125 cm³/mol. The quantitative estimate of drug-likeness (QED) is 0.450. The number of nitro groups is 2. The molecule has 11 heteroatoms. The van der Waals surface area contributed by atoms with Crippen molar-refractivity contribution in [2.75, 3.05) is 22.9 Å². The second kappa shape index (κ2) is 9.85. The highest BCUT2D eigenvalue weighted by Crippen LogP contribution is 2.48. The predicted octanol–water partition coefficient (Wildman–Crippen LogP) is 2.79. The van der Waals surface area contributed by atoms with Gasteiger partial charge in [-0.25, -0.2) is 0 Å². The molecule has 1 atom stereocenters. The molecule has 0 spiro atoms. The minimum Gasteiger partial charge on any atom is -1.00 e. The lowest BCUT2D eigenvalue weighted by molar-refractivity contribution is -0.385. The van der Waals surface area contributed by atoms with Gasteiger partial charge in [-0.15, -0.1) is 0 Å². The molecule has 2 aromatic carbocycles. The van der Waals surface area contributed by atoms with Crippen molar-refractivity contribution >= 4 is 46.3 Å². The van der Waals surface area contributed by atoms with Crippen molar-refractivity contribution in [2.45, 2.75) is 29.0 Å². The van der Waals surface area contributed by atoms with E-state index in [0.29, 0.717) is 0 Å². The zero-order chi connectivity index (χ0) is 22.1.